The van der Waals surface area contributed by atoms with Gasteiger partial charge in [-0.2, -0.15) is 4.72 Å². The Morgan fingerprint density at radius 2 is 1.45 bits per heavy atom. The summed E-state index contributed by atoms with van der Waals surface area (Å²) in [5, 5.41) is 1.68. The maximum Gasteiger partial charge on any atom is 0.349 e. The molecule has 0 radical (unpaired) electrons. The van der Waals surface area contributed by atoms with Gasteiger partial charge in [-0.3, -0.25) is 4.79 Å². The molecule has 3 atom stereocenters. The van der Waals surface area contributed by atoms with Crippen molar-refractivity contribution in [1.29, 1.82) is 0 Å². The highest BCUT2D eigenvalue weighted by atomic mass is 32.2. The van der Waals surface area contributed by atoms with Crippen LogP contribution in [0.15, 0.2) is 89.8 Å². The second-order valence-corrected chi connectivity index (χ2v) is 17.0. The summed E-state index contributed by atoms with van der Waals surface area (Å²) < 4.78 is 47.0. The number of carbonyl (C=O) groups is 2. The van der Waals surface area contributed by atoms with E-state index in [0.29, 0.717) is 0 Å². The third-order valence-electron chi connectivity index (χ3n) is 7.02. The van der Waals surface area contributed by atoms with Crippen LogP contribution in [0.25, 0.3) is 0 Å². The topological polar surface area (TPSA) is 108 Å². The van der Waals surface area contributed by atoms with Crippen LogP contribution in [0.2, 0.25) is 5.04 Å². The molecule has 1 heterocycles. The predicted molar refractivity (Wildman–Crippen MR) is 154 cm³/mol. The highest BCUT2D eigenvalue weighted by Crippen LogP contribution is 2.37. The summed E-state index contributed by atoms with van der Waals surface area (Å²) in [4.78, 5) is 24.8. The standard InChI is InChI=1S/C30H35NO7SSi/c1-21-16-18-23(19-17-21)39(34,35)31-27-26(38-29(33)28(27)37-22(2)32)20-36-40(30(3,4)5,24-12-8-6-9-13-24)25-14-10-7-11-15-25/h6-19,26-28,31H,20H2,1-5H3/t26-,27-,28+/m1/s1. The molecular formula is C30H35NO7SSi. The Morgan fingerprint density at radius 3 is 1.93 bits per heavy atom. The molecule has 1 aliphatic rings. The lowest BCUT2D eigenvalue weighted by Gasteiger charge is -2.43. The monoisotopic (exact) mass is 581 g/mol. The van der Waals surface area contributed by atoms with Crippen LogP contribution in [0.5, 0.6) is 0 Å². The summed E-state index contributed by atoms with van der Waals surface area (Å²) in [6.45, 7) is 9.22. The van der Waals surface area contributed by atoms with E-state index >= 15 is 0 Å². The molecule has 10 heteroatoms. The molecule has 8 nitrogen and oxygen atoms in total. The van der Waals surface area contributed by atoms with Gasteiger partial charge in [-0.1, -0.05) is 99.1 Å². The highest BCUT2D eigenvalue weighted by Gasteiger charge is 2.54. The minimum atomic E-state index is -4.09. The van der Waals surface area contributed by atoms with Crippen LogP contribution in [0.4, 0.5) is 0 Å². The van der Waals surface area contributed by atoms with E-state index in [1.54, 1.807) is 12.1 Å². The van der Waals surface area contributed by atoms with Crippen molar-refractivity contribution in [3.05, 3.63) is 90.5 Å². The van der Waals surface area contributed by atoms with E-state index in [-0.39, 0.29) is 16.5 Å². The Morgan fingerprint density at radius 1 is 0.925 bits per heavy atom. The summed E-state index contributed by atoms with van der Waals surface area (Å²) in [7, 11) is -7.12. The fraction of sp³-hybridized carbons (Fsp3) is 0.333. The van der Waals surface area contributed by atoms with Gasteiger partial charge in [-0.05, 0) is 34.5 Å². The zero-order chi connectivity index (χ0) is 29.1. The van der Waals surface area contributed by atoms with E-state index in [4.69, 9.17) is 13.9 Å². The lowest BCUT2D eigenvalue weighted by atomic mass is 10.1. The number of carbonyl (C=O) groups excluding carboxylic acids is 2. The first-order valence-electron chi connectivity index (χ1n) is 13.1. The van der Waals surface area contributed by atoms with E-state index in [0.717, 1.165) is 22.9 Å². The summed E-state index contributed by atoms with van der Waals surface area (Å²) in [5.74, 6) is -1.56. The van der Waals surface area contributed by atoms with Crippen LogP contribution in [0.3, 0.4) is 0 Å². The molecule has 1 N–H and O–H groups in total. The normalized spacial score (nSPS) is 19.7. The Hall–Kier alpha value is -3.31. The molecule has 1 saturated heterocycles. The Labute approximate surface area is 236 Å². The number of ether oxygens (including phenoxy) is 2. The van der Waals surface area contributed by atoms with E-state index in [1.165, 1.54) is 12.1 Å². The average Bonchev–Trinajstić information content (AvgIpc) is 3.18. The van der Waals surface area contributed by atoms with Crippen LogP contribution in [-0.2, 0) is 33.5 Å². The molecule has 0 spiro atoms. The molecule has 40 heavy (non-hydrogen) atoms. The van der Waals surface area contributed by atoms with Gasteiger partial charge in [0.15, 0.2) is 0 Å². The fourth-order valence-electron chi connectivity index (χ4n) is 5.14. The van der Waals surface area contributed by atoms with Crippen molar-refractivity contribution in [2.45, 2.75) is 62.8 Å². The molecule has 0 bridgehead atoms. The van der Waals surface area contributed by atoms with E-state index in [1.807, 2.05) is 67.6 Å². The molecule has 0 saturated carbocycles. The number of cyclic esters (lactones) is 1. The van der Waals surface area contributed by atoms with Gasteiger partial charge < -0.3 is 13.9 Å². The zero-order valence-electron chi connectivity index (χ0n) is 23.3. The smallest absolute Gasteiger partial charge is 0.349 e. The summed E-state index contributed by atoms with van der Waals surface area (Å²) in [6.07, 6.45) is -2.50. The third-order valence-corrected chi connectivity index (χ3v) is 13.5. The second-order valence-electron chi connectivity index (χ2n) is 10.9. The largest absolute Gasteiger partial charge is 0.455 e. The zero-order valence-corrected chi connectivity index (χ0v) is 25.1. The molecule has 0 aliphatic carbocycles. The number of esters is 2. The van der Waals surface area contributed by atoms with E-state index in [2.05, 4.69) is 25.5 Å². The van der Waals surface area contributed by atoms with Crippen molar-refractivity contribution in [2.75, 3.05) is 6.61 Å². The van der Waals surface area contributed by atoms with Crippen molar-refractivity contribution in [2.24, 2.45) is 0 Å². The van der Waals surface area contributed by atoms with Gasteiger partial charge in [-0.25, -0.2) is 13.2 Å². The minimum Gasteiger partial charge on any atom is -0.455 e. The maximum absolute atomic E-state index is 13.3. The fourth-order valence-corrected chi connectivity index (χ4v) is 11.0. The first-order chi connectivity index (χ1) is 18.8. The van der Waals surface area contributed by atoms with E-state index in [9.17, 15) is 18.0 Å². The number of hydrogen-bond acceptors (Lipinski definition) is 7. The van der Waals surface area contributed by atoms with Crippen LogP contribution in [0.1, 0.15) is 33.3 Å². The summed E-state index contributed by atoms with van der Waals surface area (Å²) in [6, 6.07) is 25.0. The molecule has 4 rings (SSSR count). The molecule has 3 aromatic rings. The van der Waals surface area contributed by atoms with Crippen LogP contribution in [-0.4, -0.2) is 53.5 Å². The van der Waals surface area contributed by atoms with Gasteiger partial charge >= 0.3 is 11.9 Å². The van der Waals surface area contributed by atoms with Crippen LogP contribution in [0, 0.1) is 6.92 Å². The molecule has 0 unspecified atom stereocenters. The molecule has 212 valence electrons. The Balaban J connectivity index is 1.73. The second kappa shape index (κ2) is 11.7. The predicted octanol–water partition coefficient (Wildman–Crippen LogP) is 3.08. The number of hydrogen-bond donors (Lipinski definition) is 1. The van der Waals surface area contributed by atoms with Gasteiger partial charge in [0, 0.05) is 6.92 Å². The molecule has 0 amide bonds. The number of aryl methyl sites for hydroxylation is 1. The molecule has 1 aliphatic heterocycles. The first kappa shape index (κ1) is 29.7. The summed E-state index contributed by atoms with van der Waals surface area (Å²) >= 11 is 0. The van der Waals surface area contributed by atoms with Crippen LogP contribution >= 0.6 is 0 Å². The number of benzene rings is 3. The SMILES string of the molecule is CC(=O)O[C@@H]1C(=O)O[C@H](CO[Si](c2ccccc2)(c2ccccc2)C(C)(C)C)[C@H]1NS(=O)(=O)c1ccc(C)cc1. The third kappa shape index (κ3) is 6.05. The summed E-state index contributed by atoms with van der Waals surface area (Å²) in [5.41, 5.74) is 0.896. The van der Waals surface area contributed by atoms with Gasteiger partial charge in [0.1, 0.15) is 12.1 Å². The van der Waals surface area contributed by atoms with Gasteiger partial charge in [0.05, 0.1) is 11.5 Å². The molecule has 3 aromatic carbocycles. The number of nitrogens with one attached hydrogen (secondary N) is 1. The molecule has 0 aromatic heterocycles. The first-order valence-corrected chi connectivity index (χ1v) is 16.5. The van der Waals surface area contributed by atoms with Gasteiger partial charge in [0.25, 0.3) is 8.32 Å². The number of rotatable bonds is 9. The molecular weight excluding hydrogens is 546 g/mol. The van der Waals surface area contributed by atoms with Crippen LogP contribution < -0.4 is 15.1 Å². The molecule has 1 fully saturated rings. The lowest BCUT2D eigenvalue weighted by Crippen LogP contribution is -2.67. The lowest BCUT2D eigenvalue weighted by molar-refractivity contribution is -0.160. The average molecular weight is 582 g/mol. The quantitative estimate of drug-likeness (QED) is 0.306. The van der Waals surface area contributed by atoms with Crippen molar-refractivity contribution < 1.29 is 31.9 Å². The van der Waals surface area contributed by atoms with E-state index < -0.39 is 48.5 Å². The highest BCUT2D eigenvalue weighted by molar-refractivity contribution is 7.89. The van der Waals surface area contributed by atoms with Crippen molar-refractivity contribution in [3.8, 4) is 0 Å². The minimum absolute atomic E-state index is 0.0191. The van der Waals surface area contributed by atoms with Crippen molar-refractivity contribution in [3.63, 3.8) is 0 Å². The number of sulfonamides is 1. The van der Waals surface area contributed by atoms with Gasteiger partial charge in [-0.15, -0.1) is 0 Å². The maximum atomic E-state index is 13.3. The van der Waals surface area contributed by atoms with Crippen molar-refractivity contribution >= 4 is 40.7 Å². The van der Waals surface area contributed by atoms with Gasteiger partial charge in [0.2, 0.25) is 16.1 Å². The van der Waals surface area contributed by atoms with Crippen molar-refractivity contribution in [1.82, 2.24) is 4.72 Å². The Bertz CT molecular complexity index is 1400. The Kier molecular flexibility index (Phi) is 8.65.